The highest BCUT2D eigenvalue weighted by Gasteiger charge is 2.26. The third-order valence-corrected chi connectivity index (χ3v) is 11.2. The van der Waals surface area contributed by atoms with Crippen LogP contribution in [0.15, 0.2) is 68.2 Å². The van der Waals surface area contributed by atoms with Gasteiger partial charge in [-0.3, -0.25) is 0 Å². The number of piperidine rings is 1. The molecule has 40 heavy (non-hydrogen) atoms. The molecule has 3 aromatic rings. The van der Waals surface area contributed by atoms with Gasteiger partial charge in [0.15, 0.2) is 0 Å². The molecule has 9 nitrogen and oxygen atoms in total. The van der Waals surface area contributed by atoms with Crippen molar-refractivity contribution in [1.82, 2.24) is 14.3 Å². The molecule has 0 unspecified atom stereocenters. The lowest BCUT2D eigenvalue weighted by atomic mass is 10.1. The molecule has 2 heterocycles. The monoisotopic (exact) mass is 643 g/mol. The number of benzene rings is 2. The average Bonchev–Trinajstić information content (AvgIpc) is 2.90. The number of nitrogens with zero attached hydrogens (tertiary/aromatic N) is 3. The van der Waals surface area contributed by atoms with Gasteiger partial charge in [0.05, 0.1) is 14.8 Å². The van der Waals surface area contributed by atoms with E-state index in [0.29, 0.717) is 41.3 Å². The first-order valence-corrected chi connectivity index (χ1v) is 17.3. The molecule has 0 spiro atoms. The van der Waals surface area contributed by atoms with Crippen LogP contribution in [-0.4, -0.2) is 50.7 Å². The van der Waals surface area contributed by atoms with Gasteiger partial charge in [0, 0.05) is 35.7 Å². The van der Waals surface area contributed by atoms with E-state index in [1.165, 1.54) is 36.2 Å². The highest BCUT2D eigenvalue weighted by Crippen LogP contribution is 2.34. The van der Waals surface area contributed by atoms with Gasteiger partial charge in [-0.2, -0.15) is 9.29 Å². The summed E-state index contributed by atoms with van der Waals surface area (Å²) in [5, 5.41) is 3.57. The van der Waals surface area contributed by atoms with Crippen LogP contribution in [-0.2, 0) is 20.0 Å². The van der Waals surface area contributed by atoms with Crippen molar-refractivity contribution in [3.8, 4) is 0 Å². The maximum absolute atomic E-state index is 13.0. The van der Waals surface area contributed by atoms with Crippen molar-refractivity contribution in [1.29, 1.82) is 0 Å². The van der Waals surface area contributed by atoms with Gasteiger partial charge in [0.1, 0.15) is 10.7 Å². The number of sulfonamides is 2. The molecule has 1 saturated heterocycles. The molecule has 0 amide bonds. The van der Waals surface area contributed by atoms with E-state index in [2.05, 4.69) is 33.9 Å². The van der Waals surface area contributed by atoms with Crippen LogP contribution < -0.4 is 10.0 Å². The standard InChI is InChI=1S/C26H31Cl2N5O4S3/c1-18(2)12-13-29-25-23(17-30-26(31-25)32-39(34,35)24-11-6-19(27)16-22(24)28)38-20-7-9-21(10-8-20)40(36,37)33-14-4-3-5-15-33/h6-11,16-18H,3-5,12-15H2,1-2H3,(H2,29,30,31,32). The van der Waals surface area contributed by atoms with E-state index in [9.17, 15) is 16.8 Å². The molecule has 0 atom stereocenters. The average molecular weight is 645 g/mol. The molecule has 0 radical (unpaired) electrons. The van der Waals surface area contributed by atoms with E-state index in [1.807, 2.05) is 0 Å². The van der Waals surface area contributed by atoms with Crippen molar-refractivity contribution in [3.05, 3.63) is 58.7 Å². The summed E-state index contributed by atoms with van der Waals surface area (Å²) in [7, 11) is -7.60. The molecule has 1 aromatic heterocycles. The largest absolute Gasteiger partial charge is 0.369 e. The van der Waals surface area contributed by atoms with Gasteiger partial charge in [-0.1, -0.05) is 55.2 Å². The second-order valence-corrected chi connectivity index (χ2v) is 15.3. The Bertz CT molecular complexity index is 1550. The van der Waals surface area contributed by atoms with Gasteiger partial charge in [0.2, 0.25) is 16.0 Å². The summed E-state index contributed by atoms with van der Waals surface area (Å²) in [6.45, 7) is 5.91. The highest BCUT2D eigenvalue weighted by molar-refractivity contribution is 7.99. The fourth-order valence-corrected chi connectivity index (χ4v) is 8.12. The lowest BCUT2D eigenvalue weighted by Crippen LogP contribution is -2.35. The normalized spacial score (nSPS) is 14.8. The molecule has 1 aliphatic heterocycles. The van der Waals surface area contributed by atoms with Gasteiger partial charge >= 0.3 is 0 Å². The minimum Gasteiger partial charge on any atom is -0.369 e. The van der Waals surface area contributed by atoms with Crippen LogP contribution in [0.3, 0.4) is 0 Å². The van der Waals surface area contributed by atoms with E-state index in [-0.39, 0.29) is 20.8 Å². The molecule has 0 aliphatic carbocycles. The topological polar surface area (TPSA) is 121 Å². The lowest BCUT2D eigenvalue weighted by Gasteiger charge is -2.25. The van der Waals surface area contributed by atoms with Crippen molar-refractivity contribution in [2.75, 3.05) is 29.7 Å². The summed E-state index contributed by atoms with van der Waals surface area (Å²) in [5.41, 5.74) is 0. The Balaban J connectivity index is 1.56. The third-order valence-electron chi connectivity index (χ3n) is 6.18. The van der Waals surface area contributed by atoms with Crippen molar-refractivity contribution in [3.63, 3.8) is 0 Å². The Morgan fingerprint density at radius 3 is 2.35 bits per heavy atom. The highest BCUT2D eigenvalue weighted by atomic mass is 35.5. The summed E-state index contributed by atoms with van der Waals surface area (Å²) >= 11 is 13.4. The first-order chi connectivity index (χ1) is 19.0. The molecule has 2 aromatic carbocycles. The summed E-state index contributed by atoms with van der Waals surface area (Å²) in [6, 6.07) is 10.8. The SMILES string of the molecule is CC(C)CCNc1nc(NS(=O)(=O)c2ccc(Cl)cc2Cl)ncc1Sc1ccc(S(=O)(=O)N2CCCCC2)cc1. The van der Waals surface area contributed by atoms with Crippen molar-refractivity contribution in [2.24, 2.45) is 5.92 Å². The van der Waals surface area contributed by atoms with Gasteiger partial charge in [-0.15, -0.1) is 0 Å². The Hall–Kier alpha value is -2.09. The van der Waals surface area contributed by atoms with Crippen molar-refractivity contribution in [2.45, 2.75) is 59.1 Å². The Labute approximate surface area is 250 Å². The fraction of sp³-hybridized carbons (Fsp3) is 0.385. The first kappa shape index (κ1) is 30.9. The zero-order chi connectivity index (χ0) is 28.9. The first-order valence-electron chi connectivity index (χ1n) is 12.8. The minimum absolute atomic E-state index is 0.0202. The number of aromatic nitrogens is 2. The molecular weight excluding hydrogens is 613 g/mol. The molecule has 4 rings (SSSR count). The molecule has 216 valence electrons. The van der Waals surface area contributed by atoms with E-state index >= 15 is 0 Å². The second kappa shape index (κ2) is 13.3. The van der Waals surface area contributed by atoms with Crippen LogP contribution in [0, 0.1) is 5.92 Å². The summed E-state index contributed by atoms with van der Waals surface area (Å²) in [4.78, 5) is 10.2. The van der Waals surface area contributed by atoms with Gasteiger partial charge < -0.3 is 5.32 Å². The summed E-state index contributed by atoms with van der Waals surface area (Å²) in [6.07, 6.45) is 5.19. The Morgan fingerprint density at radius 2 is 1.70 bits per heavy atom. The van der Waals surface area contributed by atoms with E-state index < -0.39 is 20.0 Å². The Morgan fingerprint density at radius 1 is 1.00 bits per heavy atom. The van der Waals surface area contributed by atoms with Crippen LogP contribution in [0.1, 0.15) is 39.5 Å². The van der Waals surface area contributed by atoms with Crippen LogP contribution in [0.2, 0.25) is 10.0 Å². The predicted octanol–water partition coefficient (Wildman–Crippen LogP) is 6.37. The van der Waals surface area contributed by atoms with Crippen LogP contribution >= 0.6 is 35.0 Å². The zero-order valence-corrected chi connectivity index (χ0v) is 26.1. The second-order valence-electron chi connectivity index (χ2n) is 9.73. The van der Waals surface area contributed by atoms with E-state index in [1.54, 1.807) is 28.6 Å². The van der Waals surface area contributed by atoms with Gasteiger partial charge in [-0.05, 0) is 67.6 Å². The molecule has 0 bridgehead atoms. The maximum atomic E-state index is 13.0. The lowest BCUT2D eigenvalue weighted by molar-refractivity contribution is 0.346. The third kappa shape index (κ3) is 7.80. The van der Waals surface area contributed by atoms with Crippen molar-refractivity contribution < 1.29 is 16.8 Å². The van der Waals surface area contributed by atoms with Crippen LogP contribution in [0.25, 0.3) is 0 Å². The Kier molecular flexibility index (Phi) is 10.2. The number of nitrogens with one attached hydrogen (secondary N) is 2. The van der Waals surface area contributed by atoms with Gasteiger partial charge in [-0.25, -0.2) is 26.5 Å². The number of hydrogen-bond donors (Lipinski definition) is 2. The molecule has 1 fully saturated rings. The van der Waals surface area contributed by atoms with Crippen LogP contribution in [0.4, 0.5) is 11.8 Å². The summed E-state index contributed by atoms with van der Waals surface area (Å²) < 4.78 is 55.8. The molecular formula is C26H31Cl2N5O4S3. The fourth-order valence-electron chi connectivity index (χ4n) is 4.03. The van der Waals surface area contributed by atoms with E-state index in [0.717, 1.165) is 30.6 Å². The summed E-state index contributed by atoms with van der Waals surface area (Å²) in [5.74, 6) is 0.779. The maximum Gasteiger partial charge on any atom is 0.265 e. The smallest absolute Gasteiger partial charge is 0.265 e. The van der Waals surface area contributed by atoms with Gasteiger partial charge in [0.25, 0.3) is 10.0 Å². The number of anilines is 2. The van der Waals surface area contributed by atoms with E-state index in [4.69, 9.17) is 23.2 Å². The molecule has 1 aliphatic rings. The number of rotatable bonds is 11. The molecule has 14 heteroatoms. The van der Waals surface area contributed by atoms with Crippen LogP contribution in [0.5, 0.6) is 0 Å². The number of hydrogen-bond acceptors (Lipinski definition) is 8. The predicted molar refractivity (Wildman–Crippen MR) is 160 cm³/mol. The van der Waals surface area contributed by atoms with Crippen molar-refractivity contribution >= 4 is 66.8 Å². The zero-order valence-electron chi connectivity index (χ0n) is 22.1. The quantitative estimate of drug-likeness (QED) is 0.247. The number of halogens is 2. The molecule has 2 N–H and O–H groups in total. The molecule has 0 saturated carbocycles. The minimum atomic E-state index is -4.07.